The third-order valence-electron chi connectivity index (χ3n) is 3.15. The van der Waals surface area contributed by atoms with Crippen LogP contribution in [0.4, 0.5) is 0 Å². The zero-order valence-corrected chi connectivity index (χ0v) is 9.48. The Bertz CT molecular complexity index is 212. The minimum absolute atomic E-state index is 0.0741. The first-order valence-corrected chi connectivity index (χ1v) is 6.49. The molecule has 3 nitrogen and oxygen atoms in total. The van der Waals surface area contributed by atoms with Crippen LogP contribution in [0.15, 0.2) is 0 Å². The number of rotatable bonds is 3. The summed E-state index contributed by atoms with van der Waals surface area (Å²) in [6.07, 6.45) is 3.97. The molecule has 0 bridgehead atoms. The van der Waals surface area contributed by atoms with E-state index in [9.17, 15) is 4.79 Å². The lowest BCUT2D eigenvalue weighted by atomic mass is 9.85. The van der Waals surface area contributed by atoms with Crippen molar-refractivity contribution in [2.45, 2.75) is 25.3 Å². The average molecular weight is 214 g/mol. The van der Waals surface area contributed by atoms with E-state index >= 15 is 0 Å². The van der Waals surface area contributed by atoms with Crippen molar-refractivity contribution in [3.8, 4) is 0 Å². The Morgan fingerprint density at radius 3 is 2.86 bits per heavy atom. The number of nitrogens with zero attached hydrogens (tertiary/aromatic N) is 1. The maximum Gasteiger partial charge on any atom is 0.240 e. The van der Waals surface area contributed by atoms with Gasteiger partial charge in [-0.05, 0) is 18.8 Å². The van der Waals surface area contributed by atoms with Gasteiger partial charge >= 0.3 is 0 Å². The maximum absolute atomic E-state index is 11.9. The summed E-state index contributed by atoms with van der Waals surface area (Å²) in [5, 5.41) is 3.22. The summed E-state index contributed by atoms with van der Waals surface area (Å²) in [6.45, 7) is 0.960. The van der Waals surface area contributed by atoms with Crippen molar-refractivity contribution < 1.29 is 4.79 Å². The van der Waals surface area contributed by atoms with E-state index in [1.165, 1.54) is 19.3 Å². The van der Waals surface area contributed by atoms with Crippen LogP contribution in [0.25, 0.3) is 0 Å². The molecule has 80 valence electrons. The molecule has 0 spiro atoms. The number of carbonyl (C=O) groups excluding carboxylic acids is 1. The van der Waals surface area contributed by atoms with Crippen molar-refractivity contribution in [1.29, 1.82) is 0 Å². The molecule has 4 heteroatoms. The smallest absolute Gasteiger partial charge is 0.240 e. The van der Waals surface area contributed by atoms with Gasteiger partial charge in [0.25, 0.3) is 0 Å². The van der Waals surface area contributed by atoms with E-state index in [1.54, 1.807) is 0 Å². The SMILES string of the molecule is CN(CC1CCC1)C(=O)C1CSCN1. The van der Waals surface area contributed by atoms with Crippen molar-refractivity contribution in [2.24, 2.45) is 5.92 Å². The molecule has 2 rings (SSSR count). The highest BCUT2D eigenvalue weighted by molar-refractivity contribution is 7.99. The fraction of sp³-hybridized carbons (Fsp3) is 0.900. The summed E-state index contributed by atoms with van der Waals surface area (Å²) in [4.78, 5) is 13.8. The first-order chi connectivity index (χ1) is 6.77. The van der Waals surface area contributed by atoms with E-state index in [0.29, 0.717) is 0 Å². The lowest BCUT2D eigenvalue weighted by molar-refractivity contribution is -0.132. The van der Waals surface area contributed by atoms with Crippen molar-refractivity contribution >= 4 is 17.7 Å². The second-order valence-corrected chi connectivity index (χ2v) is 5.32. The van der Waals surface area contributed by atoms with E-state index < -0.39 is 0 Å². The molecule has 1 atom stereocenters. The highest BCUT2D eigenvalue weighted by Gasteiger charge is 2.28. The fourth-order valence-corrected chi connectivity index (χ4v) is 2.91. The molecular weight excluding hydrogens is 196 g/mol. The van der Waals surface area contributed by atoms with Crippen LogP contribution in [0, 0.1) is 5.92 Å². The van der Waals surface area contributed by atoms with Gasteiger partial charge in [0.1, 0.15) is 0 Å². The molecule has 1 heterocycles. The quantitative estimate of drug-likeness (QED) is 0.758. The maximum atomic E-state index is 11.9. The number of carbonyl (C=O) groups is 1. The lowest BCUT2D eigenvalue weighted by Crippen LogP contribution is -2.45. The Kier molecular flexibility index (Phi) is 3.34. The van der Waals surface area contributed by atoms with Gasteiger partial charge in [0.2, 0.25) is 5.91 Å². The van der Waals surface area contributed by atoms with E-state index in [1.807, 2.05) is 23.7 Å². The molecule has 1 unspecified atom stereocenters. The van der Waals surface area contributed by atoms with Crippen LogP contribution in [-0.2, 0) is 4.79 Å². The van der Waals surface area contributed by atoms with Crippen LogP contribution >= 0.6 is 11.8 Å². The highest BCUT2D eigenvalue weighted by atomic mass is 32.2. The summed E-state index contributed by atoms with van der Waals surface area (Å²) in [6, 6.07) is 0.0741. The Labute approximate surface area is 89.6 Å². The van der Waals surface area contributed by atoms with Crippen molar-refractivity contribution in [1.82, 2.24) is 10.2 Å². The van der Waals surface area contributed by atoms with E-state index in [2.05, 4.69) is 5.32 Å². The first-order valence-electron chi connectivity index (χ1n) is 5.33. The third-order valence-corrected chi connectivity index (χ3v) is 4.09. The van der Waals surface area contributed by atoms with Gasteiger partial charge in [0.15, 0.2) is 0 Å². The molecule has 2 fully saturated rings. The van der Waals surface area contributed by atoms with Gasteiger partial charge in [-0.2, -0.15) is 0 Å². The number of likely N-dealkylation sites (N-methyl/N-ethyl adjacent to an activating group) is 1. The van der Waals surface area contributed by atoms with Crippen LogP contribution in [0.5, 0.6) is 0 Å². The fourth-order valence-electron chi connectivity index (χ4n) is 1.97. The molecule has 1 aliphatic heterocycles. The van der Waals surface area contributed by atoms with E-state index in [0.717, 1.165) is 24.1 Å². The van der Waals surface area contributed by atoms with Crippen LogP contribution in [0.1, 0.15) is 19.3 Å². The van der Waals surface area contributed by atoms with Crippen LogP contribution in [0.2, 0.25) is 0 Å². The molecule has 1 aliphatic carbocycles. The zero-order valence-electron chi connectivity index (χ0n) is 8.66. The molecule has 1 saturated carbocycles. The standard InChI is InChI=1S/C10H18N2OS/c1-12(5-8-3-2-4-8)10(13)9-6-14-7-11-9/h8-9,11H,2-7H2,1H3. The van der Waals surface area contributed by atoms with Crippen LogP contribution < -0.4 is 5.32 Å². The average Bonchev–Trinajstić information content (AvgIpc) is 2.62. The summed E-state index contributed by atoms with van der Waals surface area (Å²) in [5.74, 6) is 2.92. The molecular formula is C10H18N2OS. The molecule has 1 amide bonds. The Hall–Kier alpha value is -0.220. The van der Waals surface area contributed by atoms with Gasteiger partial charge in [-0.25, -0.2) is 0 Å². The molecule has 0 radical (unpaired) electrons. The predicted molar refractivity (Wildman–Crippen MR) is 59.2 cm³/mol. The monoisotopic (exact) mass is 214 g/mol. The largest absolute Gasteiger partial charge is 0.344 e. The topological polar surface area (TPSA) is 32.3 Å². The number of hydrogen-bond acceptors (Lipinski definition) is 3. The van der Waals surface area contributed by atoms with Crippen LogP contribution in [-0.4, -0.2) is 42.1 Å². The third kappa shape index (κ3) is 2.23. The summed E-state index contributed by atoms with van der Waals surface area (Å²) >= 11 is 1.81. The van der Waals surface area contributed by atoms with Crippen molar-refractivity contribution in [2.75, 3.05) is 25.2 Å². The van der Waals surface area contributed by atoms with Gasteiger partial charge in [0, 0.05) is 25.2 Å². The summed E-state index contributed by atoms with van der Waals surface area (Å²) in [5.41, 5.74) is 0. The number of hydrogen-bond donors (Lipinski definition) is 1. The van der Waals surface area contributed by atoms with E-state index in [-0.39, 0.29) is 11.9 Å². The van der Waals surface area contributed by atoms with Crippen molar-refractivity contribution in [3.63, 3.8) is 0 Å². The zero-order chi connectivity index (χ0) is 9.97. The summed E-state index contributed by atoms with van der Waals surface area (Å²) < 4.78 is 0. The first kappa shape index (κ1) is 10.3. The van der Waals surface area contributed by atoms with E-state index in [4.69, 9.17) is 0 Å². The van der Waals surface area contributed by atoms with Gasteiger partial charge in [-0.1, -0.05) is 6.42 Å². The second-order valence-electron chi connectivity index (χ2n) is 4.29. The molecule has 0 aromatic carbocycles. The normalized spacial score (nSPS) is 27.4. The van der Waals surface area contributed by atoms with Crippen LogP contribution in [0.3, 0.4) is 0 Å². The predicted octanol–water partition coefficient (Wildman–Crippen LogP) is 0.907. The minimum atomic E-state index is 0.0741. The molecule has 2 aliphatic rings. The van der Waals surface area contributed by atoms with Gasteiger partial charge in [0.05, 0.1) is 6.04 Å². The molecule has 0 aromatic rings. The Morgan fingerprint density at radius 2 is 2.36 bits per heavy atom. The highest BCUT2D eigenvalue weighted by Crippen LogP contribution is 2.27. The Balaban J connectivity index is 1.77. The van der Waals surface area contributed by atoms with Crippen molar-refractivity contribution in [3.05, 3.63) is 0 Å². The lowest BCUT2D eigenvalue weighted by Gasteiger charge is -2.31. The summed E-state index contributed by atoms with van der Waals surface area (Å²) in [7, 11) is 1.94. The number of nitrogens with one attached hydrogen (secondary N) is 1. The molecule has 1 saturated heterocycles. The number of thioether (sulfide) groups is 1. The van der Waals surface area contributed by atoms with Gasteiger partial charge in [-0.3, -0.25) is 10.1 Å². The number of amides is 1. The van der Waals surface area contributed by atoms with Gasteiger partial charge in [-0.15, -0.1) is 11.8 Å². The van der Waals surface area contributed by atoms with Gasteiger partial charge < -0.3 is 4.90 Å². The molecule has 1 N–H and O–H groups in total. The molecule has 0 aromatic heterocycles. The second kappa shape index (κ2) is 4.53. The Morgan fingerprint density at radius 1 is 1.57 bits per heavy atom. The minimum Gasteiger partial charge on any atom is -0.344 e. The molecule has 14 heavy (non-hydrogen) atoms.